The van der Waals surface area contributed by atoms with Crippen LogP contribution in [-0.4, -0.2) is 23.0 Å². The first-order valence-corrected chi connectivity index (χ1v) is 7.14. The van der Waals surface area contributed by atoms with Crippen LogP contribution >= 0.6 is 0 Å². The summed E-state index contributed by atoms with van der Waals surface area (Å²) in [7, 11) is 1.72. The maximum atomic E-state index is 11.3. The van der Waals surface area contributed by atoms with Crippen molar-refractivity contribution in [2.24, 2.45) is 0 Å². The van der Waals surface area contributed by atoms with Gasteiger partial charge in [-0.3, -0.25) is 4.79 Å². The van der Waals surface area contributed by atoms with Crippen molar-refractivity contribution in [1.82, 2.24) is 10.1 Å². The molecule has 1 aromatic heterocycles. The molecule has 0 radical (unpaired) electrons. The Morgan fingerprint density at radius 1 is 1.26 bits per heavy atom. The largest absolute Gasteiger partial charge is 0.370 e. The Hall–Kier alpha value is -1.23. The number of ether oxygens (including phenoxy) is 1. The minimum Gasteiger partial charge on any atom is -0.370 e. The molecule has 2 fully saturated rings. The number of nitrogens with zero attached hydrogens (tertiary/aromatic N) is 2. The topological polar surface area (TPSA) is 65.2 Å². The van der Waals surface area contributed by atoms with E-state index in [0.29, 0.717) is 30.3 Å². The second kappa shape index (κ2) is 5.04. The third-order valence-corrected chi connectivity index (χ3v) is 4.54. The van der Waals surface area contributed by atoms with E-state index in [9.17, 15) is 4.79 Å². The third-order valence-electron chi connectivity index (χ3n) is 4.54. The van der Waals surface area contributed by atoms with E-state index in [1.54, 1.807) is 7.11 Å². The zero-order chi connectivity index (χ0) is 13.3. The standard InChI is InChI=1S/C14H20N2O3/c1-18-14(8-2-3-9-14)13-15-12(19-16-13)10-4-6-11(17)7-5-10/h10H,2-9H2,1H3. The van der Waals surface area contributed by atoms with Gasteiger partial charge in [-0.1, -0.05) is 5.16 Å². The highest BCUT2D eigenvalue weighted by Gasteiger charge is 2.40. The quantitative estimate of drug-likeness (QED) is 0.839. The lowest BCUT2D eigenvalue weighted by molar-refractivity contribution is -0.120. The summed E-state index contributed by atoms with van der Waals surface area (Å²) in [4.78, 5) is 15.8. The van der Waals surface area contributed by atoms with Crippen LogP contribution in [0.25, 0.3) is 0 Å². The molecule has 2 saturated carbocycles. The molecule has 0 spiro atoms. The number of carbonyl (C=O) groups excluding carboxylic acids is 1. The summed E-state index contributed by atoms with van der Waals surface area (Å²) in [6.07, 6.45) is 7.17. The molecule has 0 N–H and O–H groups in total. The van der Waals surface area contributed by atoms with Gasteiger partial charge in [-0.2, -0.15) is 4.98 Å². The number of hydrogen-bond donors (Lipinski definition) is 0. The zero-order valence-electron chi connectivity index (χ0n) is 11.4. The fourth-order valence-corrected chi connectivity index (χ4v) is 3.24. The average molecular weight is 264 g/mol. The Balaban J connectivity index is 1.77. The van der Waals surface area contributed by atoms with Gasteiger partial charge in [-0.05, 0) is 38.5 Å². The summed E-state index contributed by atoms with van der Waals surface area (Å²) in [5.41, 5.74) is -0.341. The summed E-state index contributed by atoms with van der Waals surface area (Å²) >= 11 is 0. The first-order valence-electron chi connectivity index (χ1n) is 7.14. The van der Waals surface area contributed by atoms with Crippen molar-refractivity contribution in [2.75, 3.05) is 7.11 Å². The molecular weight excluding hydrogens is 244 g/mol. The van der Waals surface area contributed by atoms with Crippen molar-refractivity contribution in [3.63, 3.8) is 0 Å². The molecule has 5 heteroatoms. The molecule has 1 aromatic rings. The summed E-state index contributed by atoms with van der Waals surface area (Å²) in [6.45, 7) is 0. The van der Waals surface area contributed by atoms with Crippen molar-refractivity contribution in [3.8, 4) is 0 Å². The molecule has 104 valence electrons. The predicted octanol–water partition coefficient (Wildman–Crippen LogP) is 2.71. The number of rotatable bonds is 3. The molecular formula is C14H20N2O3. The van der Waals surface area contributed by atoms with Crippen LogP contribution in [0.4, 0.5) is 0 Å². The Labute approximate surface area is 112 Å². The van der Waals surface area contributed by atoms with E-state index in [1.165, 1.54) is 0 Å². The minimum absolute atomic E-state index is 0.245. The molecule has 0 aromatic carbocycles. The van der Waals surface area contributed by atoms with Crippen LogP contribution in [0.2, 0.25) is 0 Å². The van der Waals surface area contributed by atoms with E-state index < -0.39 is 0 Å². The third kappa shape index (κ3) is 2.31. The summed E-state index contributed by atoms with van der Waals surface area (Å²) in [6, 6.07) is 0. The normalized spacial score (nSPS) is 23.9. The van der Waals surface area contributed by atoms with Crippen molar-refractivity contribution in [2.45, 2.75) is 62.9 Å². The van der Waals surface area contributed by atoms with Gasteiger partial charge in [0.25, 0.3) is 0 Å². The highest BCUT2D eigenvalue weighted by molar-refractivity contribution is 5.79. The van der Waals surface area contributed by atoms with E-state index in [2.05, 4.69) is 10.1 Å². The second-order valence-electron chi connectivity index (χ2n) is 5.67. The van der Waals surface area contributed by atoms with Gasteiger partial charge in [0.05, 0.1) is 0 Å². The van der Waals surface area contributed by atoms with Gasteiger partial charge in [0, 0.05) is 25.9 Å². The van der Waals surface area contributed by atoms with Crippen LogP contribution in [0, 0.1) is 0 Å². The van der Waals surface area contributed by atoms with Crippen LogP contribution in [0.3, 0.4) is 0 Å². The number of aromatic nitrogens is 2. The van der Waals surface area contributed by atoms with E-state index in [1.807, 2.05) is 0 Å². The predicted molar refractivity (Wildman–Crippen MR) is 67.7 cm³/mol. The fraction of sp³-hybridized carbons (Fsp3) is 0.786. The molecule has 3 rings (SSSR count). The average Bonchev–Trinajstić information content (AvgIpc) is 3.09. The smallest absolute Gasteiger partial charge is 0.229 e. The van der Waals surface area contributed by atoms with Gasteiger partial charge >= 0.3 is 0 Å². The zero-order valence-corrected chi connectivity index (χ0v) is 11.4. The van der Waals surface area contributed by atoms with Crippen LogP contribution in [0.15, 0.2) is 4.52 Å². The molecule has 0 aliphatic heterocycles. The molecule has 2 aliphatic rings. The van der Waals surface area contributed by atoms with E-state index in [0.717, 1.165) is 38.5 Å². The second-order valence-corrected chi connectivity index (χ2v) is 5.67. The molecule has 0 atom stereocenters. The van der Waals surface area contributed by atoms with Crippen LogP contribution in [-0.2, 0) is 15.1 Å². The highest BCUT2D eigenvalue weighted by Crippen LogP contribution is 2.41. The van der Waals surface area contributed by atoms with Crippen LogP contribution < -0.4 is 0 Å². The van der Waals surface area contributed by atoms with Crippen molar-refractivity contribution < 1.29 is 14.1 Å². The lowest BCUT2D eigenvalue weighted by Gasteiger charge is -2.23. The van der Waals surface area contributed by atoms with Crippen LogP contribution in [0.1, 0.15) is 69.0 Å². The Morgan fingerprint density at radius 3 is 2.58 bits per heavy atom. The van der Waals surface area contributed by atoms with Gasteiger partial charge in [-0.25, -0.2) is 0 Å². The fourth-order valence-electron chi connectivity index (χ4n) is 3.24. The minimum atomic E-state index is -0.341. The SMILES string of the molecule is COC1(c2noc(C3CCC(=O)CC3)n2)CCCC1. The highest BCUT2D eigenvalue weighted by atomic mass is 16.5. The molecule has 0 bridgehead atoms. The lowest BCUT2D eigenvalue weighted by atomic mass is 9.88. The van der Waals surface area contributed by atoms with Gasteiger partial charge < -0.3 is 9.26 Å². The first-order chi connectivity index (χ1) is 9.23. The van der Waals surface area contributed by atoms with Gasteiger partial charge in [0.2, 0.25) is 11.7 Å². The lowest BCUT2D eigenvalue weighted by Crippen LogP contribution is -2.26. The van der Waals surface area contributed by atoms with Crippen molar-refractivity contribution in [3.05, 3.63) is 11.7 Å². The summed E-state index contributed by atoms with van der Waals surface area (Å²) < 4.78 is 11.1. The van der Waals surface area contributed by atoms with Gasteiger partial charge in [0.1, 0.15) is 11.4 Å². The van der Waals surface area contributed by atoms with E-state index in [-0.39, 0.29) is 11.5 Å². The molecule has 19 heavy (non-hydrogen) atoms. The number of ketones is 1. The molecule has 0 unspecified atom stereocenters. The van der Waals surface area contributed by atoms with Crippen molar-refractivity contribution in [1.29, 1.82) is 0 Å². The molecule has 5 nitrogen and oxygen atoms in total. The monoisotopic (exact) mass is 264 g/mol. The van der Waals surface area contributed by atoms with E-state index >= 15 is 0 Å². The van der Waals surface area contributed by atoms with Crippen molar-refractivity contribution >= 4 is 5.78 Å². The number of hydrogen-bond acceptors (Lipinski definition) is 5. The van der Waals surface area contributed by atoms with Gasteiger partial charge in [-0.15, -0.1) is 0 Å². The molecule has 0 amide bonds. The van der Waals surface area contributed by atoms with E-state index in [4.69, 9.17) is 9.26 Å². The summed E-state index contributed by atoms with van der Waals surface area (Å²) in [5.74, 6) is 1.97. The number of carbonyl (C=O) groups is 1. The molecule has 0 saturated heterocycles. The molecule has 2 aliphatic carbocycles. The van der Waals surface area contributed by atoms with Gasteiger partial charge in [0.15, 0.2) is 0 Å². The maximum absolute atomic E-state index is 11.3. The Bertz CT molecular complexity index is 453. The number of methoxy groups -OCH3 is 1. The molecule has 1 heterocycles. The maximum Gasteiger partial charge on any atom is 0.229 e. The summed E-state index contributed by atoms with van der Waals surface area (Å²) in [5, 5.41) is 4.14. The number of Topliss-reactive ketones (excluding diaryl/α,β-unsaturated/α-hetero) is 1. The first kappa shape index (κ1) is 12.8. The Kier molecular flexibility index (Phi) is 3.39. The van der Waals surface area contributed by atoms with Crippen LogP contribution in [0.5, 0.6) is 0 Å². The Morgan fingerprint density at radius 2 is 1.95 bits per heavy atom.